The molecule has 1 aromatic carbocycles. The molecule has 3 N–H and O–H groups in total. The third kappa shape index (κ3) is 6.44. The van der Waals surface area contributed by atoms with Crippen molar-refractivity contribution in [2.45, 2.75) is 6.92 Å². The van der Waals surface area contributed by atoms with Crippen LogP contribution >= 0.6 is 11.6 Å². The Morgan fingerprint density at radius 2 is 2.00 bits per heavy atom. The summed E-state index contributed by atoms with van der Waals surface area (Å²) in [6.07, 6.45) is 1.42. The van der Waals surface area contributed by atoms with Gasteiger partial charge in [0.1, 0.15) is 5.75 Å². The molecule has 0 fully saturated rings. The zero-order valence-electron chi connectivity index (χ0n) is 11.1. The molecule has 0 saturated heterocycles. The Morgan fingerprint density at radius 1 is 1.29 bits per heavy atom. The number of ether oxygens (including phenoxy) is 1. The standard InChI is InChI=1S/C13H13ClN2O5/c1-8-6-9(14)2-3-10(8)21-7-12(18)16-15-11(17)4-5-13(19)20/h2-6H,7H2,1H3,(H,15,17)(H,16,18)(H,19,20)/b5-4+. The fourth-order valence-electron chi connectivity index (χ4n) is 1.27. The Morgan fingerprint density at radius 3 is 2.62 bits per heavy atom. The monoisotopic (exact) mass is 312 g/mol. The molecule has 0 heterocycles. The van der Waals surface area contributed by atoms with Crippen LogP contribution in [0.3, 0.4) is 0 Å². The van der Waals surface area contributed by atoms with Crippen LogP contribution in [0, 0.1) is 6.92 Å². The van der Waals surface area contributed by atoms with Crippen molar-refractivity contribution in [1.29, 1.82) is 0 Å². The highest BCUT2D eigenvalue weighted by molar-refractivity contribution is 6.30. The van der Waals surface area contributed by atoms with Crippen LogP contribution in [0.1, 0.15) is 5.56 Å². The summed E-state index contributed by atoms with van der Waals surface area (Å²) in [4.78, 5) is 32.7. The highest BCUT2D eigenvalue weighted by Crippen LogP contribution is 2.21. The van der Waals surface area contributed by atoms with E-state index in [2.05, 4.69) is 5.43 Å². The summed E-state index contributed by atoms with van der Waals surface area (Å²) in [6, 6.07) is 4.94. The number of rotatable bonds is 5. The number of halogens is 1. The lowest BCUT2D eigenvalue weighted by molar-refractivity contribution is -0.131. The number of aryl methyl sites for hydroxylation is 1. The lowest BCUT2D eigenvalue weighted by Gasteiger charge is -2.09. The molecule has 112 valence electrons. The lowest BCUT2D eigenvalue weighted by atomic mass is 10.2. The van der Waals surface area contributed by atoms with Crippen LogP contribution < -0.4 is 15.6 Å². The van der Waals surface area contributed by atoms with Crippen LogP contribution in [0.25, 0.3) is 0 Å². The van der Waals surface area contributed by atoms with Crippen molar-refractivity contribution in [3.63, 3.8) is 0 Å². The van der Waals surface area contributed by atoms with Crippen LogP contribution in [0.15, 0.2) is 30.4 Å². The second-order valence-corrected chi connectivity index (χ2v) is 4.34. The maximum Gasteiger partial charge on any atom is 0.328 e. The molecule has 0 aliphatic rings. The molecular weight excluding hydrogens is 300 g/mol. The van der Waals surface area contributed by atoms with Crippen molar-refractivity contribution in [3.8, 4) is 5.75 Å². The van der Waals surface area contributed by atoms with E-state index in [0.29, 0.717) is 16.8 Å². The molecule has 0 saturated carbocycles. The topological polar surface area (TPSA) is 105 Å². The quantitative estimate of drug-likeness (QED) is 0.551. The van der Waals surface area contributed by atoms with Gasteiger partial charge >= 0.3 is 5.97 Å². The number of amides is 2. The van der Waals surface area contributed by atoms with E-state index in [-0.39, 0.29) is 6.61 Å². The summed E-state index contributed by atoms with van der Waals surface area (Å²) < 4.78 is 5.25. The van der Waals surface area contributed by atoms with E-state index < -0.39 is 17.8 Å². The number of hydrogen-bond donors (Lipinski definition) is 3. The molecule has 1 aromatic rings. The minimum absolute atomic E-state index is 0.314. The predicted molar refractivity (Wildman–Crippen MR) is 74.7 cm³/mol. The van der Waals surface area contributed by atoms with E-state index in [1.54, 1.807) is 25.1 Å². The van der Waals surface area contributed by atoms with Gasteiger partial charge in [0.05, 0.1) is 0 Å². The first-order chi connectivity index (χ1) is 9.88. The van der Waals surface area contributed by atoms with Crippen LogP contribution in [0.2, 0.25) is 5.02 Å². The van der Waals surface area contributed by atoms with Gasteiger partial charge in [0.2, 0.25) is 0 Å². The summed E-state index contributed by atoms with van der Waals surface area (Å²) in [5, 5.41) is 8.87. The molecule has 21 heavy (non-hydrogen) atoms. The summed E-state index contributed by atoms with van der Waals surface area (Å²) in [6.45, 7) is 1.46. The van der Waals surface area contributed by atoms with Gasteiger partial charge in [-0.05, 0) is 30.7 Å². The van der Waals surface area contributed by atoms with Gasteiger partial charge in [-0.1, -0.05) is 11.6 Å². The van der Waals surface area contributed by atoms with Gasteiger partial charge in [-0.3, -0.25) is 20.4 Å². The molecule has 0 spiro atoms. The van der Waals surface area contributed by atoms with E-state index in [1.807, 2.05) is 5.43 Å². The molecule has 1 rings (SSSR count). The Labute approximate surface area is 125 Å². The third-order valence-electron chi connectivity index (χ3n) is 2.20. The number of nitrogens with one attached hydrogen (secondary N) is 2. The van der Waals surface area contributed by atoms with Gasteiger partial charge in [0.15, 0.2) is 6.61 Å². The number of hydrogen-bond acceptors (Lipinski definition) is 4. The molecule has 8 heteroatoms. The smallest absolute Gasteiger partial charge is 0.328 e. The van der Waals surface area contributed by atoms with Crippen LogP contribution in [0.5, 0.6) is 5.75 Å². The van der Waals surface area contributed by atoms with Gasteiger partial charge in [-0.2, -0.15) is 0 Å². The highest BCUT2D eigenvalue weighted by atomic mass is 35.5. The molecule has 0 aliphatic carbocycles. The van der Waals surface area contributed by atoms with Crippen molar-refractivity contribution >= 4 is 29.4 Å². The second kappa shape index (κ2) is 7.91. The molecule has 0 aliphatic heterocycles. The Kier molecular flexibility index (Phi) is 6.22. The summed E-state index contributed by atoms with van der Waals surface area (Å²) >= 11 is 5.79. The number of hydrazine groups is 1. The van der Waals surface area contributed by atoms with Crippen molar-refractivity contribution in [1.82, 2.24) is 10.9 Å². The molecule has 0 atom stereocenters. The second-order valence-electron chi connectivity index (χ2n) is 3.91. The molecule has 0 bridgehead atoms. The van der Waals surface area contributed by atoms with Gasteiger partial charge in [-0.25, -0.2) is 4.79 Å². The fourth-order valence-corrected chi connectivity index (χ4v) is 1.50. The lowest BCUT2D eigenvalue weighted by Crippen LogP contribution is -2.43. The van der Waals surface area contributed by atoms with Crippen LogP contribution in [-0.2, 0) is 14.4 Å². The van der Waals surface area contributed by atoms with Crippen molar-refractivity contribution in [3.05, 3.63) is 40.9 Å². The van der Waals surface area contributed by atoms with Crippen LogP contribution in [-0.4, -0.2) is 29.5 Å². The predicted octanol–water partition coefficient (Wildman–Crippen LogP) is 0.815. The number of carboxylic acids is 1. The van der Waals surface area contributed by atoms with E-state index in [4.69, 9.17) is 21.4 Å². The third-order valence-corrected chi connectivity index (χ3v) is 2.43. The average Bonchev–Trinajstić information content (AvgIpc) is 2.41. The maximum absolute atomic E-state index is 11.4. The minimum Gasteiger partial charge on any atom is -0.483 e. The minimum atomic E-state index is -1.27. The number of carbonyl (C=O) groups is 3. The molecule has 0 radical (unpaired) electrons. The van der Waals surface area contributed by atoms with E-state index in [1.165, 1.54) is 0 Å². The maximum atomic E-state index is 11.4. The largest absolute Gasteiger partial charge is 0.483 e. The van der Waals surface area contributed by atoms with Gasteiger partial charge in [0.25, 0.3) is 11.8 Å². The highest BCUT2D eigenvalue weighted by Gasteiger charge is 2.06. The van der Waals surface area contributed by atoms with E-state index >= 15 is 0 Å². The summed E-state index contributed by atoms with van der Waals surface area (Å²) in [7, 11) is 0. The van der Waals surface area contributed by atoms with Crippen LogP contribution in [0.4, 0.5) is 0 Å². The first kappa shape index (κ1) is 16.5. The molecular formula is C13H13ClN2O5. The first-order valence-corrected chi connectivity index (χ1v) is 6.15. The van der Waals surface area contributed by atoms with Gasteiger partial charge in [-0.15, -0.1) is 0 Å². The average molecular weight is 313 g/mol. The molecule has 0 unspecified atom stereocenters. The van der Waals surface area contributed by atoms with Crippen molar-refractivity contribution < 1.29 is 24.2 Å². The van der Waals surface area contributed by atoms with Gasteiger partial charge in [0, 0.05) is 17.2 Å². The zero-order chi connectivity index (χ0) is 15.8. The molecule has 0 aromatic heterocycles. The molecule has 7 nitrogen and oxygen atoms in total. The number of carboxylic acid groups (broad SMARTS) is 1. The Hall–Kier alpha value is -2.54. The van der Waals surface area contributed by atoms with E-state index in [0.717, 1.165) is 11.6 Å². The zero-order valence-corrected chi connectivity index (χ0v) is 11.8. The summed E-state index contributed by atoms with van der Waals surface area (Å²) in [5.74, 6) is -2.14. The Balaban J connectivity index is 2.37. The number of aliphatic carboxylic acids is 1. The normalized spacial score (nSPS) is 10.2. The SMILES string of the molecule is Cc1cc(Cl)ccc1OCC(=O)NNC(=O)/C=C/C(=O)O. The van der Waals surface area contributed by atoms with E-state index in [9.17, 15) is 14.4 Å². The Bertz CT molecular complexity index is 586. The first-order valence-electron chi connectivity index (χ1n) is 5.77. The molecule has 2 amide bonds. The number of carbonyl (C=O) groups excluding carboxylic acids is 2. The van der Waals surface area contributed by atoms with Crippen molar-refractivity contribution in [2.75, 3.05) is 6.61 Å². The fraction of sp³-hybridized carbons (Fsp3) is 0.154. The summed E-state index contributed by atoms with van der Waals surface area (Å²) in [5.41, 5.74) is 4.85. The van der Waals surface area contributed by atoms with Gasteiger partial charge < -0.3 is 9.84 Å². The van der Waals surface area contributed by atoms with Crippen molar-refractivity contribution in [2.24, 2.45) is 0 Å². The number of benzene rings is 1.